The summed E-state index contributed by atoms with van der Waals surface area (Å²) in [5.41, 5.74) is 2.22. The maximum atomic E-state index is 12.8. The van der Waals surface area contributed by atoms with Crippen molar-refractivity contribution in [2.45, 2.75) is 4.90 Å². The molecule has 0 bridgehead atoms. The monoisotopic (exact) mass is 434 g/mol. The third kappa shape index (κ3) is 4.28. The Morgan fingerprint density at radius 1 is 0.935 bits per heavy atom. The average Bonchev–Trinajstić information content (AvgIpc) is 3.35. The number of para-hydroxylation sites is 1. The largest absolute Gasteiger partial charge is 0.322 e. The summed E-state index contributed by atoms with van der Waals surface area (Å²) in [4.78, 5) is 12.6. The predicted molar refractivity (Wildman–Crippen MR) is 116 cm³/mol. The minimum atomic E-state index is -3.74. The highest BCUT2D eigenvalue weighted by molar-refractivity contribution is 7.92. The summed E-state index contributed by atoms with van der Waals surface area (Å²) in [5, 5.41) is 13.7. The third-order valence-electron chi connectivity index (χ3n) is 4.63. The van der Waals surface area contributed by atoms with Crippen LogP contribution in [-0.2, 0) is 10.0 Å². The Bertz CT molecular complexity index is 1270. The number of benzene rings is 3. The number of hydrogen-bond acceptors (Lipinski definition) is 6. The van der Waals surface area contributed by atoms with Crippen LogP contribution in [0.3, 0.4) is 0 Å². The average molecular weight is 434 g/mol. The minimum absolute atomic E-state index is 0.0983. The highest BCUT2D eigenvalue weighted by atomic mass is 32.2. The molecule has 1 aromatic heterocycles. The fraction of sp³-hybridized carbons (Fsp3) is 0.0476. The van der Waals surface area contributed by atoms with Gasteiger partial charge in [-0.25, -0.2) is 13.1 Å². The first-order valence-corrected chi connectivity index (χ1v) is 10.7. The predicted octanol–water partition coefficient (Wildman–Crippen LogP) is 2.74. The molecule has 10 heteroatoms. The summed E-state index contributed by atoms with van der Waals surface area (Å²) < 4.78 is 28.4. The molecule has 156 valence electrons. The van der Waals surface area contributed by atoms with Gasteiger partial charge < -0.3 is 5.32 Å². The Labute approximate surface area is 179 Å². The molecule has 9 nitrogen and oxygen atoms in total. The van der Waals surface area contributed by atoms with Gasteiger partial charge >= 0.3 is 0 Å². The lowest BCUT2D eigenvalue weighted by molar-refractivity contribution is 0.102. The van der Waals surface area contributed by atoms with Gasteiger partial charge in [0.1, 0.15) is 6.33 Å². The van der Waals surface area contributed by atoms with Crippen LogP contribution in [0.1, 0.15) is 10.4 Å². The molecule has 0 fully saturated rings. The van der Waals surface area contributed by atoms with Crippen molar-refractivity contribution in [3.8, 4) is 5.69 Å². The van der Waals surface area contributed by atoms with Gasteiger partial charge in [0.05, 0.1) is 16.3 Å². The van der Waals surface area contributed by atoms with Crippen molar-refractivity contribution in [2.75, 3.05) is 16.7 Å². The van der Waals surface area contributed by atoms with Crippen LogP contribution in [0, 0.1) is 0 Å². The standard InChI is InChI=1S/C21H18N6O3S/c1-26(18-5-3-2-4-6-18)31(29,30)20-13-7-16(8-14-20)21(28)23-17-9-11-19(12-10-17)27-15-22-24-25-27/h2-15H,1H3,(H,23,28). The molecule has 1 amide bonds. The zero-order chi connectivity index (χ0) is 21.8. The Morgan fingerprint density at radius 3 is 2.23 bits per heavy atom. The van der Waals surface area contributed by atoms with E-state index in [0.717, 1.165) is 5.69 Å². The van der Waals surface area contributed by atoms with Crippen LogP contribution >= 0.6 is 0 Å². The fourth-order valence-corrected chi connectivity index (χ4v) is 4.09. The molecule has 0 aliphatic heterocycles. The lowest BCUT2D eigenvalue weighted by Crippen LogP contribution is -2.26. The maximum absolute atomic E-state index is 12.8. The first kappa shape index (κ1) is 20.2. The summed E-state index contributed by atoms with van der Waals surface area (Å²) in [6.45, 7) is 0. The van der Waals surface area contributed by atoms with Gasteiger partial charge in [-0.3, -0.25) is 9.10 Å². The Kier molecular flexibility index (Phi) is 5.46. The number of tetrazole rings is 1. The number of nitrogens with one attached hydrogen (secondary N) is 1. The fourth-order valence-electron chi connectivity index (χ4n) is 2.89. The first-order valence-electron chi connectivity index (χ1n) is 9.24. The Balaban J connectivity index is 1.47. The second-order valence-corrected chi connectivity index (χ2v) is 8.56. The molecule has 0 atom stereocenters. The first-order chi connectivity index (χ1) is 14.9. The molecule has 0 saturated carbocycles. The second-order valence-electron chi connectivity index (χ2n) is 6.59. The van der Waals surface area contributed by atoms with E-state index in [4.69, 9.17) is 0 Å². The zero-order valence-corrected chi connectivity index (χ0v) is 17.3. The number of carbonyl (C=O) groups excluding carboxylic acids is 1. The van der Waals surface area contributed by atoms with Gasteiger partial charge in [0.2, 0.25) is 0 Å². The van der Waals surface area contributed by atoms with E-state index in [9.17, 15) is 13.2 Å². The van der Waals surface area contributed by atoms with Gasteiger partial charge in [-0.15, -0.1) is 5.10 Å². The SMILES string of the molecule is CN(c1ccccc1)S(=O)(=O)c1ccc(C(=O)Nc2ccc(-n3cnnn3)cc2)cc1. The van der Waals surface area contributed by atoms with E-state index in [0.29, 0.717) is 16.9 Å². The molecule has 31 heavy (non-hydrogen) atoms. The molecular formula is C21H18N6O3S. The molecule has 0 saturated heterocycles. The Hall–Kier alpha value is -4.05. The van der Waals surface area contributed by atoms with E-state index in [2.05, 4.69) is 20.8 Å². The summed E-state index contributed by atoms with van der Waals surface area (Å²) in [5.74, 6) is -0.351. The summed E-state index contributed by atoms with van der Waals surface area (Å²) in [7, 11) is -2.25. The molecule has 0 aliphatic carbocycles. The number of hydrogen-bond donors (Lipinski definition) is 1. The quantitative estimate of drug-likeness (QED) is 0.500. The summed E-state index contributed by atoms with van der Waals surface area (Å²) >= 11 is 0. The van der Waals surface area contributed by atoms with Crippen molar-refractivity contribution in [1.29, 1.82) is 0 Å². The molecule has 0 spiro atoms. The molecule has 4 aromatic rings. The number of amides is 1. The molecule has 0 unspecified atom stereocenters. The molecule has 4 rings (SSSR count). The van der Waals surface area contributed by atoms with Gasteiger partial charge in [-0.1, -0.05) is 18.2 Å². The Morgan fingerprint density at radius 2 is 1.61 bits per heavy atom. The van der Waals surface area contributed by atoms with Gasteiger partial charge in [0, 0.05) is 18.3 Å². The summed E-state index contributed by atoms with van der Waals surface area (Å²) in [6, 6.07) is 21.6. The van der Waals surface area contributed by atoms with Crippen molar-refractivity contribution in [2.24, 2.45) is 0 Å². The van der Waals surface area contributed by atoms with E-state index in [-0.39, 0.29) is 10.8 Å². The molecule has 1 heterocycles. The van der Waals surface area contributed by atoms with Crippen LogP contribution < -0.4 is 9.62 Å². The number of sulfonamides is 1. The van der Waals surface area contributed by atoms with Crippen LogP contribution in [0.15, 0.2) is 90.1 Å². The number of nitrogens with zero attached hydrogens (tertiary/aromatic N) is 5. The highest BCUT2D eigenvalue weighted by Crippen LogP contribution is 2.22. The maximum Gasteiger partial charge on any atom is 0.264 e. The van der Waals surface area contributed by atoms with Crippen LogP contribution in [-0.4, -0.2) is 41.6 Å². The van der Waals surface area contributed by atoms with E-state index >= 15 is 0 Å². The van der Waals surface area contributed by atoms with Crippen molar-refractivity contribution < 1.29 is 13.2 Å². The lowest BCUT2D eigenvalue weighted by atomic mass is 10.2. The van der Waals surface area contributed by atoms with Crippen molar-refractivity contribution in [3.05, 3.63) is 90.8 Å². The van der Waals surface area contributed by atoms with Gasteiger partial charge in [0.15, 0.2) is 0 Å². The van der Waals surface area contributed by atoms with Crippen LogP contribution in [0.25, 0.3) is 5.69 Å². The van der Waals surface area contributed by atoms with Crippen LogP contribution in [0.2, 0.25) is 0 Å². The van der Waals surface area contributed by atoms with E-state index in [1.165, 1.54) is 46.6 Å². The van der Waals surface area contributed by atoms with E-state index < -0.39 is 10.0 Å². The van der Waals surface area contributed by atoms with Gasteiger partial charge in [-0.2, -0.15) is 0 Å². The minimum Gasteiger partial charge on any atom is -0.322 e. The van der Waals surface area contributed by atoms with Crippen molar-refractivity contribution in [3.63, 3.8) is 0 Å². The number of anilines is 2. The molecule has 1 N–H and O–H groups in total. The van der Waals surface area contributed by atoms with Crippen LogP contribution in [0.4, 0.5) is 11.4 Å². The van der Waals surface area contributed by atoms with E-state index in [1.54, 1.807) is 48.5 Å². The number of aromatic nitrogens is 4. The third-order valence-corrected chi connectivity index (χ3v) is 6.43. The van der Waals surface area contributed by atoms with Gasteiger partial charge in [-0.05, 0) is 71.1 Å². The van der Waals surface area contributed by atoms with Crippen LogP contribution in [0.5, 0.6) is 0 Å². The number of carbonyl (C=O) groups is 1. The normalized spacial score (nSPS) is 11.1. The summed E-state index contributed by atoms with van der Waals surface area (Å²) in [6.07, 6.45) is 1.47. The lowest BCUT2D eigenvalue weighted by Gasteiger charge is -2.19. The van der Waals surface area contributed by atoms with E-state index in [1.807, 2.05) is 6.07 Å². The molecular weight excluding hydrogens is 416 g/mol. The topological polar surface area (TPSA) is 110 Å². The second kappa shape index (κ2) is 8.36. The molecule has 0 aliphatic rings. The van der Waals surface area contributed by atoms with Crippen molar-refractivity contribution in [1.82, 2.24) is 20.2 Å². The van der Waals surface area contributed by atoms with Crippen molar-refractivity contribution >= 4 is 27.3 Å². The number of rotatable bonds is 6. The molecule has 0 radical (unpaired) electrons. The zero-order valence-electron chi connectivity index (χ0n) is 16.5. The highest BCUT2D eigenvalue weighted by Gasteiger charge is 2.21. The molecule has 3 aromatic carbocycles. The van der Waals surface area contributed by atoms with Gasteiger partial charge in [0.25, 0.3) is 15.9 Å². The smallest absolute Gasteiger partial charge is 0.264 e.